The number of pyridine rings is 3. The number of aromatic nitrogens is 7. The van der Waals surface area contributed by atoms with E-state index in [1.54, 1.807) is 60.7 Å². The fraction of sp³-hybridized carbons (Fsp3) is 0.271. The first-order valence-corrected chi connectivity index (χ1v) is 31.0. The van der Waals surface area contributed by atoms with Crippen molar-refractivity contribution in [2.75, 3.05) is 55.6 Å². The number of benzene rings is 1. The number of carboxylic acid groups (broad SMARTS) is 4. The molecule has 6 heterocycles. The normalized spacial score (nSPS) is 13.1. The monoisotopic (exact) mass is 1290 g/mol. The van der Waals surface area contributed by atoms with E-state index in [2.05, 4.69) is 55.9 Å². The number of nitrogen functional groups attached to an aromatic ring is 1. The van der Waals surface area contributed by atoms with Gasteiger partial charge >= 0.3 is 30.6 Å². The minimum atomic E-state index is -5.97. The van der Waals surface area contributed by atoms with Gasteiger partial charge < -0.3 is 80.8 Å². The Bertz CT molecular complexity index is 3670. The molecule has 0 saturated carbocycles. The summed E-state index contributed by atoms with van der Waals surface area (Å²) in [5.41, 5.74) is 10.3. The number of rotatable bonds is 32. The molecule has 0 saturated heterocycles. The number of imidazole rings is 1. The third kappa shape index (κ3) is 19.3. The van der Waals surface area contributed by atoms with E-state index in [0.29, 0.717) is 82.9 Å². The lowest BCUT2D eigenvalue weighted by molar-refractivity contribution is -0.240. The maximum absolute atomic E-state index is 12.2. The molecular weight excluding hydrogens is 1240 g/mol. The van der Waals surface area contributed by atoms with Crippen LogP contribution in [0.4, 0.5) is 17.5 Å². The number of carboxylic acids is 4. The van der Waals surface area contributed by atoms with Crippen molar-refractivity contribution in [2.24, 2.45) is 0 Å². The molecule has 0 fully saturated rings. The van der Waals surface area contributed by atoms with Gasteiger partial charge in [-0.3, -0.25) is 38.1 Å². The van der Waals surface area contributed by atoms with Crippen LogP contribution in [0.25, 0.3) is 51.0 Å². The zero-order valence-corrected chi connectivity index (χ0v) is 48.8. The van der Waals surface area contributed by atoms with Gasteiger partial charge in [0.1, 0.15) is 12.9 Å². The van der Waals surface area contributed by atoms with Gasteiger partial charge in [0, 0.05) is 31.9 Å². The van der Waals surface area contributed by atoms with Crippen molar-refractivity contribution in [3.8, 4) is 51.3 Å². The molecule has 1 aromatic carbocycles. The lowest BCUT2D eigenvalue weighted by Gasteiger charge is -2.30. The van der Waals surface area contributed by atoms with Gasteiger partial charge in [0.2, 0.25) is 17.4 Å². The first kappa shape index (κ1) is 65.6. The number of hydrogen-bond acceptors (Lipinski definition) is 26. The van der Waals surface area contributed by atoms with Gasteiger partial charge in [-0.15, -0.1) is 0 Å². The first-order chi connectivity index (χ1) is 40.6. The maximum Gasteiger partial charge on any atom is 0.328 e. The summed E-state index contributed by atoms with van der Waals surface area (Å²) in [4.78, 5) is 117. The second-order valence-corrected chi connectivity index (χ2v) is 24.5. The zero-order valence-electron chi connectivity index (χ0n) is 44.4. The Balaban J connectivity index is 0.968. The first-order valence-electron chi connectivity index (χ1n) is 25.0. The van der Waals surface area contributed by atoms with Crippen LogP contribution in [-0.4, -0.2) is 153 Å². The maximum atomic E-state index is 12.2. The van der Waals surface area contributed by atoms with Gasteiger partial charge in [-0.05, 0) is 96.5 Å². The molecule has 38 heteroatoms. The Kier molecular flexibility index (Phi) is 22.1. The fourth-order valence-electron chi connectivity index (χ4n) is 8.21. The van der Waals surface area contributed by atoms with Crippen molar-refractivity contribution in [1.82, 2.24) is 49.6 Å². The zero-order chi connectivity index (χ0) is 62.5. The van der Waals surface area contributed by atoms with Gasteiger partial charge in [-0.2, -0.15) is 0 Å². The molecule has 0 spiro atoms. The second-order valence-electron chi connectivity index (χ2n) is 18.4. The molecule has 0 aliphatic rings. The number of hydrogen-bond donors (Lipinski definition) is 12. The smallest absolute Gasteiger partial charge is 0.328 e. The van der Waals surface area contributed by atoms with Crippen LogP contribution in [0.5, 0.6) is 11.5 Å². The third-order valence-corrected chi connectivity index (χ3v) is 16.2. The molecule has 33 nitrogen and oxygen atoms in total. The van der Waals surface area contributed by atoms with Crippen LogP contribution >= 0.6 is 34.6 Å². The molecule has 458 valence electrons. The molecule has 6 aromatic heterocycles. The van der Waals surface area contributed by atoms with E-state index in [0.717, 1.165) is 22.9 Å². The topological polar surface area (TPSA) is 502 Å². The number of anilines is 3. The van der Waals surface area contributed by atoms with Crippen LogP contribution in [0.1, 0.15) is 42.8 Å². The average Bonchev–Trinajstić information content (AvgIpc) is 2.00. The van der Waals surface area contributed by atoms with Crippen LogP contribution in [0, 0.1) is 0 Å². The number of phosphoric ester groups is 1. The highest BCUT2D eigenvalue weighted by Crippen LogP contribution is 2.63. The molecule has 0 aliphatic heterocycles. The van der Waals surface area contributed by atoms with Gasteiger partial charge in [-0.25, -0.2) is 43.1 Å². The molecule has 0 radical (unpaired) electrons. The van der Waals surface area contributed by atoms with E-state index in [4.69, 9.17) is 47.1 Å². The van der Waals surface area contributed by atoms with Gasteiger partial charge in [0.25, 0.3) is 21.5 Å². The average molecular weight is 1290 g/mol. The van der Waals surface area contributed by atoms with Gasteiger partial charge in [-0.1, -0.05) is 37.1 Å². The summed E-state index contributed by atoms with van der Waals surface area (Å²) < 4.78 is 42.5. The summed E-state index contributed by atoms with van der Waals surface area (Å²) >= 11 is 9.58. The number of unbranched alkanes of at least 4 members (excludes halogenated alkanes) is 3. The van der Waals surface area contributed by atoms with Crippen LogP contribution < -0.4 is 31.5 Å². The molecule has 7 aromatic rings. The second kappa shape index (κ2) is 28.9. The van der Waals surface area contributed by atoms with Gasteiger partial charge in [0.05, 0.1) is 60.3 Å². The lowest BCUT2D eigenvalue weighted by Crippen LogP contribution is -2.34. The molecule has 0 aliphatic carbocycles. The lowest BCUT2D eigenvalue weighted by atomic mass is 10.0. The predicted molar refractivity (Wildman–Crippen MR) is 306 cm³/mol. The molecule has 7 rings (SSSR count). The summed E-state index contributed by atoms with van der Waals surface area (Å²) in [6, 6.07) is 20.8. The number of carbonyl (C=O) groups is 4. The summed E-state index contributed by atoms with van der Waals surface area (Å²) in [6.45, 7) is -7.79. The molecule has 0 amide bonds. The summed E-state index contributed by atoms with van der Waals surface area (Å²) in [5, 5.41) is 68.9. The molecule has 2 atom stereocenters. The minimum Gasteiger partial charge on any atom is -0.756 e. The van der Waals surface area contributed by atoms with Crippen molar-refractivity contribution in [1.29, 1.82) is 0 Å². The van der Waals surface area contributed by atoms with Crippen molar-refractivity contribution in [2.45, 2.75) is 45.4 Å². The highest BCUT2D eigenvalue weighted by atomic mass is 32.5. The predicted octanol–water partition coefficient (Wildman–Crippen LogP) is 3.18. The third-order valence-electron chi connectivity index (χ3n) is 11.7. The largest absolute Gasteiger partial charge is 0.756 e. The quantitative estimate of drug-likeness (QED) is 0.0164. The number of phosphoric acid groups is 2. The standard InChI is InChI=1S/C48H54N13O20P3S2/c49-44-41-45(53-26-52-44)61(46-43(71)42(70)36(79-46)25-78-82(72,73)80-83(74,75)81-84(76,77)86)47(58-41)50-15-3-1-2-4-16-51-48(85)56-29-13-11-27(12-14-29)28-17-34(32-9-5-7-30(54-32)19-59(21-37(62)63)22-38(64)65)57-35(18-28)33-10-6-8-31(55-33)20-60(23-39(66)67)24-40(68)69/h5-14,17-18,26,70-71H,1-4,15-16,19-25H2,(H,50,58)(H,62,63)(H,64,65)(H,66,67)(H,68,69)(H,72,73)(H,74,75)(H2,49,52,53)(H2,51,56,85)(H2,76,77,86)/p-2. The minimum absolute atomic E-state index is 0.00409. The number of fused-ring (bicyclic) bond motifs is 1. The Labute approximate surface area is 496 Å². The van der Waals surface area contributed by atoms with Crippen molar-refractivity contribution in [3.05, 3.63) is 96.3 Å². The van der Waals surface area contributed by atoms with Crippen molar-refractivity contribution < 1.29 is 96.1 Å². The van der Waals surface area contributed by atoms with Crippen LogP contribution in [0.2, 0.25) is 0 Å². The molecule has 0 bridgehead atoms. The Morgan fingerprint density at radius 3 is 1.77 bits per heavy atom. The van der Waals surface area contributed by atoms with E-state index in [9.17, 15) is 68.7 Å². The SMILES string of the molecule is Nc1ncnc2c1nc(NCCCCCCNC(=S)Nc1ccc(-c3cc(-c4cccc(CN(CC(=O)O)CC(=O)O)n4)nc(-c4cccc(CN(CC(=O)O)CC(=O)O)n4)c3)cc1)n2-c1oc(COP(=O)([O-])OP(=O)([O-])OP(O)(O)=S)c(O)c1O. The Hall–Kier alpha value is -7.98. The van der Waals surface area contributed by atoms with Crippen LogP contribution in [0.15, 0.2) is 83.5 Å². The Morgan fingerprint density at radius 1 is 0.686 bits per heavy atom. The van der Waals surface area contributed by atoms with Crippen LogP contribution in [0.3, 0.4) is 0 Å². The molecule has 86 heavy (non-hydrogen) atoms. The number of nitrogens with two attached hydrogens (primary N) is 1. The number of aromatic hydroxyl groups is 2. The van der Waals surface area contributed by atoms with Crippen LogP contribution in [-0.2, 0) is 73.0 Å². The van der Waals surface area contributed by atoms with E-state index in [-0.39, 0.29) is 36.0 Å². The number of thiocarbonyl (C=S) groups is 1. The van der Waals surface area contributed by atoms with Gasteiger partial charge in [0.15, 0.2) is 27.9 Å². The summed E-state index contributed by atoms with van der Waals surface area (Å²) in [6.07, 6.45) is 3.81. The highest BCUT2D eigenvalue weighted by molar-refractivity contribution is 8.08. The number of aliphatic carboxylic acids is 4. The number of nitrogens with one attached hydrogen (secondary N) is 3. The van der Waals surface area contributed by atoms with Crippen molar-refractivity contribution in [3.63, 3.8) is 0 Å². The van der Waals surface area contributed by atoms with E-state index >= 15 is 0 Å². The highest BCUT2D eigenvalue weighted by Gasteiger charge is 2.30. The summed E-state index contributed by atoms with van der Waals surface area (Å²) in [5.74, 6) is -8.23. The summed E-state index contributed by atoms with van der Waals surface area (Å²) in [7, 11) is -11.8. The fourth-order valence-corrected chi connectivity index (χ4v) is 12.0. The van der Waals surface area contributed by atoms with E-state index in [1.807, 2.05) is 12.1 Å². The number of nitrogens with zero attached hydrogens (tertiary/aromatic N) is 9. The van der Waals surface area contributed by atoms with E-state index in [1.165, 1.54) is 9.80 Å². The Morgan fingerprint density at radius 2 is 1.23 bits per heavy atom. The molecule has 2 unspecified atom stereocenters. The number of furan rings is 1. The van der Waals surface area contributed by atoms with E-state index < -0.39 is 102 Å². The van der Waals surface area contributed by atoms with Crippen molar-refractivity contribution >= 4 is 104 Å². The molecular formula is C48H52N13O20P3S2-2. The molecule has 13 N–H and O–H groups in total.